The van der Waals surface area contributed by atoms with E-state index in [1.54, 1.807) is 26.6 Å². The van der Waals surface area contributed by atoms with Gasteiger partial charge < -0.3 is 15.2 Å². The lowest BCUT2D eigenvalue weighted by molar-refractivity contribution is 0.412. The molecule has 8 heteroatoms. The first-order chi connectivity index (χ1) is 13.4. The van der Waals surface area contributed by atoms with E-state index >= 15 is 0 Å². The molecule has 144 valence electrons. The molecule has 28 heavy (non-hydrogen) atoms. The molecule has 0 fully saturated rings. The van der Waals surface area contributed by atoms with Gasteiger partial charge >= 0.3 is 0 Å². The van der Waals surface area contributed by atoms with Gasteiger partial charge in [-0.3, -0.25) is 0 Å². The number of ether oxygens (including phenoxy) is 2. The first kappa shape index (κ1) is 20.6. The Labute approximate surface area is 184 Å². The summed E-state index contributed by atoms with van der Waals surface area (Å²) in [7, 11) is 3.24. The number of nitrogen functional groups attached to an aromatic ring is 1. The van der Waals surface area contributed by atoms with Crippen LogP contribution in [0.25, 0.3) is 21.5 Å². The van der Waals surface area contributed by atoms with Gasteiger partial charge in [0.1, 0.15) is 22.5 Å². The van der Waals surface area contributed by atoms with Crippen LogP contribution in [0.2, 0.25) is 5.15 Å². The zero-order valence-electron chi connectivity index (χ0n) is 15.0. The molecule has 2 aromatic carbocycles. The van der Waals surface area contributed by atoms with E-state index in [9.17, 15) is 0 Å². The summed E-state index contributed by atoms with van der Waals surface area (Å²) in [5.41, 5.74) is 5.75. The molecular weight excluding hydrogens is 510 g/mol. The molecule has 0 saturated carbocycles. The molecule has 4 aromatic rings. The summed E-state index contributed by atoms with van der Waals surface area (Å²) in [5.74, 6) is 2.04. The Morgan fingerprint density at radius 1 is 0.821 bits per heavy atom. The van der Waals surface area contributed by atoms with Crippen LogP contribution in [0.4, 0.5) is 5.82 Å². The smallest absolute Gasteiger partial charge is 0.136 e. The van der Waals surface area contributed by atoms with Crippen LogP contribution in [0.15, 0.2) is 57.7 Å². The maximum absolute atomic E-state index is 5.96. The van der Waals surface area contributed by atoms with Crippen LogP contribution in [0, 0.1) is 0 Å². The number of benzene rings is 2. The standard InChI is InChI=1S/C10H7BrClNO.C10H9BrN2O/c2*1-14-9-5-7-6(4-8(9)11)2-3-13-10(7)12/h2-5H,1H3;2-5H,1H3,(H2,12,13). The van der Waals surface area contributed by atoms with Crippen molar-refractivity contribution in [3.63, 3.8) is 0 Å². The van der Waals surface area contributed by atoms with Crippen LogP contribution in [-0.4, -0.2) is 24.2 Å². The third kappa shape index (κ3) is 4.32. The molecule has 0 spiro atoms. The SMILES string of the molecule is COc1cc2c(Cl)nccc2cc1Br.COc1cc2c(N)nccc2cc1Br. The predicted octanol–water partition coefficient (Wildman–Crippen LogP) is 6.25. The van der Waals surface area contributed by atoms with Gasteiger partial charge in [-0.1, -0.05) is 11.6 Å². The normalized spacial score (nSPS) is 10.5. The van der Waals surface area contributed by atoms with Gasteiger partial charge in [-0.15, -0.1) is 0 Å². The van der Waals surface area contributed by atoms with E-state index in [2.05, 4.69) is 41.8 Å². The third-order valence-electron chi connectivity index (χ3n) is 4.06. The molecule has 0 atom stereocenters. The number of aromatic nitrogens is 2. The Morgan fingerprint density at radius 2 is 1.32 bits per heavy atom. The summed E-state index contributed by atoms with van der Waals surface area (Å²) in [6.07, 6.45) is 3.38. The van der Waals surface area contributed by atoms with Crippen molar-refractivity contribution in [1.82, 2.24) is 9.97 Å². The van der Waals surface area contributed by atoms with Crippen molar-refractivity contribution < 1.29 is 9.47 Å². The summed E-state index contributed by atoms with van der Waals surface area (Å²) in [6.45, 7) is 0. The number of hydrogen-bond acceptors (Lipinski definition) is 5. The fourth-order valence-corrected chi connectivity index (χ4v) is 3.91. The van der Waals surface area contributed by atoms with Crippen LogP contribution in [0.5, 0.6) is 11.5 Å². The van der Waals surface area contributed by atoms with Gasteiger partial charge in [0.15, 0.2) is 0 Å². The molecule has 2 N–H and O–H groups in total. The van der Waals surface area contributed by atoms with Gasteiger partial charge in [0.05, 0.1) is 23.2 Å². The number of fused-ring (bicyclic) bond motifs is 2. The Bertz CT molecular complexity index is 1060. The summed E-state index contributed by atoms with van der Waals surface area (Å²) in [6, 6.07) is 11.5. The van der Waals surface area contributed by atoms with Crippen LogP contribution in [-0.2, 0) is 0 Å². The van der Waals surface area contributed by atoms with Crippen LogP contribution in [0.1, 0.15) is 0 Å². The summed E-state index contributed by atoms with van der Waals surface area (Å²) < 4.78 is 12.2. The van der Waals surface area contributed by atoms with Crippen LogP contribution in [0.3, 0.4) is 0 Å². The Hall–Kier alpha value is -2.09. The van der Waals surface area contributed by atoms with Crippen molar-refractivity contribution in [3.8, 4) is 11.5 Å². The molecule has 0 unspecified atom stereocenters. The van der Waals surface area contributed by atoms with Crippen LogP contribution >= 0.6 is 43.5 Å². The molecule has 2 heterocycles. The van der Waals surface area contributed by atoms with E-state index in [4.69, 9.17) is 26.8 Å². The van der Waals surface area contributed by atoms with E-state index in [1.807, 2.05) is 36.4 Å². The third-order valence-corrected chi connectivity index (χ3v) is 5.60. The topological polar surface area (TPSA) is 70.3 Å². The minimum atomic E-state index is 0.494. The Balaban J connectivity index is 0.000000161. The molecule has 0 radical (unpaired) electrons. The number of halogens is 3. The highest BCUT2D eigenvalue weighted by Crippen LogP contribution is 2.33. The zero-order chi connectivity index (χ0) is 20.3. The average molecular weight is 526 g/mol. The highest BCUT2D eigenvalue weighted by atomic mass is 79.9. The minimum absolute atomic E-state index is 0.494. The molecule has 2 aromatic heterocycles. The van der Waals surface area contributed by atoms with E-state index < -0.39 is 0 Å². The van der Waals surface area contributed by atoms with Crippen molar-refractivity contribution >= 4 is 70.8 Å². The Kier molecular flexibility index (Phi) is 6.59. The van der Waals surface area contributed by atoms with Crippen LogP contribution < -0.4 is 15.2 Å². The van der Waals surface area contributed by atoms with Gasteiger partial charge in [-0.2, -0.15) is 0 Å². The maximum atomic E-state index is 5.96. The van der Waals surface area contributed by atoms with E-state index in [-0.39, 0.29) is 0 Å². The highest BCUT2D eigenvalue weighted by Gasteiger charge is 2.06. The lowest BCUT2D eigenvalue weighted by Crippen LogP contribution is -1.92. The maximum Gasteiger partial charge on any atom is 0.136 e. The van der Waals surface area contributed by atoms with Crippen molar-refractivity contribution in [2.45, 2.75) is 0 Å². The van der Waals surface area contributed by atoms with Crippen molar-refractivity contribution in [2.24, 2.45) is 0 Å². The number of rotatable bonds is 2. The van der Waals surface area contributed by atoms with Crippen molar-refractivity contribution in [1.29, 1.82) is 0 Å². The van der Waals surface area contributed by atoms with Gasteiger partial charge in [0, 0.05) is 23.2 Å². The lowest BCUT2D eigenvalue weighted by Gasteiger charge is -2.06. The first-order valence-electron chi connectivity index (χ1n) is 8.10. The number of nitrogens with two attached hydrogens (primary N) is 1. The number of nitrogens with zero attached hydrogens (tertiary/aromatic N) is 2. The first-order valence-corrected chi connectivity index (χ1v) is 10.1. The fourth-order valence-electron chi connectivity index (χ4n) is 2.65. The second kappa shape index (κ2) is 8.94. The number of methoxy groups -OCH3 is 2. The molecule has 5 nitrogen and oxygen atoms in total. The van der Waals surface area contributed by atoms with E-state index in [1.165, 1.54) is 0 Å². The molecule has 0 aliphatic heterocycles. The molecule has 0 saturated heterocycles. The highest BCUT2D eigenvalue weighted by molar-refractivity contribution is 9.11. The van der Waals surface area contributed by atoms with Crippen molar-refractivity contribution in [2.75, 3.05) is 20.0 Å². The lowest BCUT2D eigenvalue weighted by atomic mass is 10.1. The summed E-state index contributed by atoms with van der Waals surface area (Å²) in [5, 5.41) is 4.39. The summed E-state index contributed by atoms with van der Waals surface area (Å²) in [4.78, 5) is 8.03. The molecule has 0 aliphatic rings. The molecule has 4 rings (SSSR count). The van der Waals surface area contributed by atoms with Gasteiger partial charge in [-0.25, -0.2) is 9.97 Å². The van der Waals surface area contributed by atoms with Gasteiger partial charge in [0.25, 0.3) is 0 Å². The van der Waals surface area contributed by atoms with Crippen molar-refractivity contribution in [3.05, 3.63) is 62.9 Å². The van der Waals surface area contributed by atoms with Gasteiger partial charge in [-0.05, 0) is 79.0 Å². The fraction of sp³-hybridized carbons (Fsp3) is 0.100. The molecule has 0 bridgehead atoms. The second-order valence-electron chi connectivity index (χ2n) is 5.71. The van der Waals surface area contributed by atoms with E-state index in [0.29, 0.717) is 11.0 Å². The Morgan fingerprint density at radius 3 is 1.89 bits per heavy atom. The number of anilines is 1. The minimum Gasteiger partial charge on any atom is -0.496 e. The summed E-state index contributed by atoms with van der Waals surface area (Å²) >= 11 is 12.8. The molecule has 0 aliphatic carbocycles. The van der Waals surface area contributed by atoms with E-state index in [0.717, 1.165) is 42.0 Å². The second-order valence-corrected chi connectivity index (χ2v) is 7.78. The van der Waals surface area contributed by atoms with Gasteiger partial charge in [0.2, 0.25) is 0 Å². The molecule has 0 amide bonds. The number of hydrogen-bond donors (Lipinski definition) is 1. The molecular formula is C20H16Br2ClN3O2. The monoisotopic (exact) mass is 523 g/mol. The largest absolute Gasteiger partial charge is 0.496 e. The quantitative estimate of drug-likeness (QED) is 0.314. The average Bonchev–Trinajstić information content (AvgIpc) is 2.68. The zero-order valence-corrected chi connectivity index (χ0v) is 19.0. The number of pyridine rings is 2. The predicted molar refractivity (Wildman–Crippen MR) is 121 cm³/mol.